The number of amides is 1. The first-order valence-electron chi connectivity index (χ1n) is 10.6. The molecule has 172 valence electrons. The van der Waals surface area contributed by atoms with Crippen molar-refractivity contribution in [2.75, 3.05) is 39.2 Å². The maximum absolute atomic E-state index is 14.1. The lowest BCUT2D eigenvalue weighted by Crippen LogP contribution is -2.40. The van der Waals surface area contributed by atoms with Gasteiger partial charge in [-0.1, -0.05) is 78.1 Å². The molecule has 4 rings (SSSR count). The monoisotopic (exact) mass is 481 g/mol. The molecule has 0 aliphatic rings. The number of ether oxygens (including phenoxy) is 1. The van der Waals surface area contributed by atoms with E-state index in [2.05, 4.69) is 4.90 Å². The van der Waals surface area contributed by atoms with E-state index in [9.17, 15) is 4.79 Å². The average Bonchev–Trinajstić information content (AvgIpc) is 3.24. The van der Waals surface area contributed by atoms with Crippen LogP contribution >= 0.6 is 23.7 Å². The molecular formula is C26H28ClN3O2S. The fourth-order valence-corrected chi connectivity index (χ4v) is 4.73. The van der Waals surface area contributed by atoms with Crippen molar-refractivity contribution >= 4 is 45.0 Å². The molecule has 0 aliphatic carbocycles. The fourth-order valence-electron chi connectivity index (χ4n) is 3.72. The fraction of sp³-hybridized carbons (Fsp3) is 0.231. The number of halogens is 1. The van der Waals surface area contributed by atoms with Crippen LogP contribution in [-0.4, -0.2) is 50.1 Å². The van der Waals surface area contributed by atoms with E-state index in [1.165, 1.54) is 11.3 Å². The van der Waals surface area contributed by atoms with Crippen LogP contribution in [0.15, 0.2) is 78.9 Å². The molecule has 0 spiro atoms. The van der Waals surface area contributed by atoms with Crippen LogP contribution in [0.4, 0.5) is 5.13 Å². The number of hydrogen-bond donors (Lipinski definition) is 0. The average molecular weight is 482 g/mol. The third-order valence-electron chi connectivity index (χ3n) is 5.37. The predicted octanol–water partition coefficient (Wildman–Crippen LogP) is 5.45. The highest BCUT2D eigenvalue weighted by Crippen LogP contribution is 2.36. The van der Waals surface area contributed by atoms with Crippen LogP contribution in [0, 0.1) is 0 Å². The van der Waals surface area contributed by atoms with Crippen molar-refractivity contribution < 1.29 is 9.53 Å². The van der Waals surface area contributed by atoms with Crippen molar-refractivity contribution in [2.24, 2.45) is 0 Å². The molecule has 33 heavy (non-hydrogen) atoms. The number of aromatic nitrogens is 1. The summed E-state index contributed by atoms with van der Waals surface area (Å²) in [6.07, 6.45) is 0. The summed E-state index contributed by atoms with van der Waals surface area (Å²) in [5.74, 6) is 0.323. The van der Waals surface area contributed by atoms with E-state index in [-0.39, 0.29) is 18.3 Å². The van der Waals surface area contributed by atoms with Gasteiger partial charge in [0.25, 0.3) is 0 Å². The van der Waals surface area contributed by atoms with Gasteiger partial charge in [-0.25, -0.2) is 4.98 Å². The number of methoxy groups -OCH3 is 1. The van der Waals surface area contributed by atoms with E-state index in [1.807, 2.05) is 97.9 Å². The van der Waals surface area contributed by atoms with Gasteiger partial charge in [0.05, 0.1) is 17.7 Å². The first-order chi connectivity index (χ1) is 15.6. The smallest absolute Gasteiger partial charge is 0.240 e. The first-order valence-corrected chi connectivity index (χ1v) is 11.4. The Balaban J connectivity index is 0.00000306. The van der Waals surface area contributed by atoms with Gasteiger partial charge in [0.1, 0.15) is 11.3 Å². The number of rotatable bonds is 8. The molecule has 0 saturated carbocycles. The Hall–Kier alpha value is -2.93. The molecule has 5 nitrogen and oxygen atoms in total. The number of fused-ring (bicyclic) bond motifs is 1. The van der Waals surface area contributed by atoms with Gasteiger partial charge in [-0.15, -0.1) is 12.4 Å². The molecule has 0 radical (unpaired) electrons. The molecule has 0 saturated heterocycles. The second kappa shape index (κ2) is 11.3. The molecule has 4 aromatic rings. The Bertz CT molecular complexity index is 1140. The lowest BCUT2D eigenvalue weighted by Gasteiger charge is -2.27. The van der Waals surface area contributed by atoms with Crippen LogP contribution in [0.1, 0.15) is 17.0 Å². The Labute approximate surface area is 205 Å². The number of carbonyl (C=O) groups excluding carboxylic acids is 1. The van der Waals surface area contributed by atoms with E-state index >= 15 is 0 Å². The van der Waals surface area contributed by atoms with Gasteiger partial charge >= 0.3 is 0 Å². The highest BCUT2D eigenvalue weighted by molar-refractivity contribution is 7.22. The summed E-state index contributed by atoms with van der Waals surface area (Å²) in [5.41, 5.74) is 2.73. The van der Waals surface area contributed by atoms with Gasteiger partial charge in [-0.3, -0.25) is 9.69 Å². The van der Waals surface area contributed by atoms with Crippen LogP contribution in [0.3, 0.4) is 0 Å². The third kappa shape index (κ3) is 5.53. The molecule has 0 fully saturated rings. The molecule has 0 aliphatic heterocycles. The van der Waals surface area contributed by atoms with Crippen molar-refractivity contribution in [1.82, 2.24) is 9.88 Å². The first kappa shape index (κ1) is 24.7. The van der Waals surface area contributed by atoms with Crippen LogP contribution in [0.25, 0.3) is 10.2 Å². The van der Waals surface area contributed by atoms with Crippen molar-refractivity contribution in [3.63, 3.8) is 0 Å². The molecule has 1 amide bonds. The summed E-state index contributed by atoms with van der Waals surface area (Å²) in [4.78, 5) is 22.9. The van der Waals surface area contributed by atoms with Gasteiger partial charge in [0.15, 0.2) is 5.13 Å². The topological polar surface area (TPSA) is 45.7 Å². The van der Waals surface area contributed by atoms with Gasteiger partial charge in [0.2, 0.25) is 5.91 Å². The molecule has 7 heteroatoms. The zero-order valence-electron chi connectivity index (χ0n) is 19.0. The molecule has 1 aromatic heterocycles. The number of carbonyl (C=O) groups is 1. The second-order valence-corrected chi connectivity index (χ2v) is 8.86. The van der Waals surface area contributed by atoms with Crippen molar-refractivity contribution in [1.29, 1.82) is 0 Å². The van der Waals surface area contributed by atoms with Gasteiger partial charge < -0.3 is 9.64 Å². The minimum Gasteiger partial charge on any atom is -0.494 e. The summed E-state index contributed by atoms with van der Waals surface area (Å²) >= 11 is 1.52. The van der Waals surface area contributed by atoms with E-state index in [4.69, 9.17) is 9.72 Å². The number of nitrogens with zero attached hydrogens (tertiary/aromatic N) is 3. The number of para-hydroxylation sites is 1. The van der Waals surface area contributed by atoms with E-state index in [0.717, 1.165) is 27.9 Å². The summed E-state index contributed by atoms with van der Waals surface area (Å²) in [5, 5.41) is 0.688. The standard InChI is InChI=1S/C26H27N3O2S.ClH/c1-28(2)17-18-29(26-27-24-21(31-3)15-10-16-22(24)32-26)25(30)23(19-11-6-4-7-12-19)20-13-8-5-9-14-20;/h4-16,23H,17-18H2,1-3H3;1H. The Morgan fingerprint density at radius 1 is 0.909 bits per heavy atom. The quantitative estimate of drug-likeness (QED) is 0.335. The SMILES string of the molecule is COc1cccc2sc(N(CCN(C)C)C(=O)C(c3ccccc3)c3ccccc3)nc12.Cl. The third-order valence-corrected chi connectivity index (χ3v) is 6.41. The van der Waals surface area contributed by atoms with Gasteiger partial charge in [0, 0.05) is 13.1 Å². The van der Waals surface area contributed by atoms with E-state index in [0.29, 0.717) is 17.4 Å². The Morgan fingerprint density at radius 2 is 1.52 bits per heavy atom. The van der Waals surface area contributed by atoms with Crippen molar-refractivity contribution in [3.8, 4) is 5.75 Å². The van der Waals surface area contributed by atoms with E-state index in [1.54, 1.807) is 7.11 Å². The zero-order valence-corrected chi connectivity index (χ0v) is 20.6. The highest BCUT2D eigenvalue weighted by atomic mass is 35.5. The molecule has 0 unspecified atom stereocenters. The largest absolute Gasteiger partial charge is 0.494 e. The number of anilines is 1. The summed E-state index contributed by atoms with van der Waals surface area (Å²) < 4.78 is 6.50. The van der Waals surface area contributed by atoms with Gasteiger partial charge in [-0.2, -0.15) is 0 Å². The molecule has 0 N–H and O–H groups in total. The number of hydrogen-bond acceptors (Lipinski definition) is 5. The Morgan fingerprint density at radius 3 is 2.06 bits per heavy atom. The van der Waals surface area contributed by atoms with Crippen LogP contribution in [0.2, 0.25) is 0 Å². The van der Waals surface area contributed by atoms with Crippen LogP contribution < -0.4 is 9.64 Å². The minimum atomic E-state index is -0.409. The van der Waals surface area contributed by atoms with Crippen LogP contribution in [-0.2, 0) is 4.79 Å². The highest BCUT2D eigenvalue weighted by Gasteiger charge is 2.30. The zero-order chi connectivity index (χ0) is 22.5. The molecule has 0 bridgehead atoms. The molecular weight excluding hydrogens is 454 g/mol. The summed E-state index contributed by atoms with van der Waals surface area (Å²) in [7, 11) is 5.66. The molecule has 0 atom stereocenters. The van der Waals surface area contributed by atoms with E-state index < -0.39 is 5.92 Å². The maximum atomic E-state index is 14.1. The maximum Gasteiger partial charge on any atom is 0.240 e. The normalized spacial score (nSPS) is 10.9. The molecule has 3 aromatic carbocycles. The number of benzene rings is 3. The van der Waals surface area contributed by atoms with Gasteiger partial charge in [-0.05, 0) is 37.4 Å². The van der Waals surface area contributed by atoms with Crippen molar-refractivity contribution in [2.45, 2.75) is 5.92 Å². The Kier molecular flexibility index (Phi) is 8.44. The lowest BCUT2D eigenvalue weighted by molar-refractivity contribution is -0.119. The number of thiazole rings is 1. The summed E-state index contributed by atoms with van der Waals surface area (Å²) in [6, 6.07) is 25.8. The number of likely N-dealkylation sites (N-methyl/N-ethyl adjacent to an activating group) is 1. The predicted molar refractivity (Wildman–Crippen MR) is 139 cm³/mol. The lowest BCUT2D eigenvalue weighted by atomic mass is 9.90. The summed E-state index contributed by atoms with van der Waals surface area (Å²) in [6.45, 7) is 1.28. The molecule has 1 heterocycles. The van der Waals surface area contributed by atoms with Crippen LogP contribution in [0.5, 0.6) is 5.75 Å². The van der Waals surface area contributed by atoms with Crippen molar-refractivity contribution in [3.05, 3.63) is 90.0 Å². The minimum absolute atomic E-state index is 0. The second-order valence-electron chi connectivity index (χ2n) is 7.85.